The number of ether oxygens (including phenoxy) is 4. The number of carbonyl (C=O) groups is 2. The van der Waals surface area contributed by atoms with Crippen LogP contribution in [0.1, 0.15) is 51.8 Å². The molecule has 13 heteroatoms. The van der Waals surface area contributed by atoms with Crippen LogP contribution in [0, 0.1) is 5.82 Å². The normalized spacial score (nSPS) is 24.2. The molecule has 3 N–H and O–H groups in total. The summed E-state index contributed by atoms with van der Waals surface area (Å²) in [4.78, 5) is 51.3. The second-order valence-corrected chi connectivity index (χ2v) is 10.00. The molecule has 2 fully saturated rings. The van der Waals surface area contributed by atoms with Gasteiger partial charge >= 0.3 is 11.7 Å². The first-order valence-corrected chi connectivity index (χ1v) is 12.7. The number of amides is 1. The molecule has 0 radical (unpaired) electrons. The van der Waals surface area contributed by atoms with Gasteiger partial charge in [-0.3, -0.25) is 19.1 Å². The molecular weight excluding hydrogens is 517 g/mol. The van der Waals surface area contributed by atoms with E-state index in [1.807, 2.05) is 11.9 Å². The van der Waals surface area contributed by atoms with E-state index in [9.17, 15) is 28.7 Å². The Labute approximate surface area is 223 Å². The summed E-state index contributed by atoms with van der Waals surface area (Å²) in [7, 11) is 0. The van der Waals surface area contributed by atoms with E-state index in [0.717, 1.165) is 17.2 Å². The van der Waals surface area contributed by atoms with Crippen LogP contribution in [-0.4, -0.2) is 63.3 Å². The van der Waals surface area contributed by atoms with Crippen molar-refractivity contribution >= 4 is 11.9 Å². The van der Waals surface area contributed by atoms with Crippen molar-refractivity contribution < 1.29 is 38.0 Å². The van der Waals surface area contributed by atoms with Gasteiger partial charge in [-0.25, -0.2) is 9.59 Å². The maximum absolute atomic E-state index is 14.0. The second kappa shape index (κ2) is 11.7. The minimum absolute atomic E-state index is 0.0653. The van der Waals surface area contributed by atoms with Gasteiger partial charge in [-0.1, -0.05) is 25.5 Å². The fraction of sp³-hybridized carbons (Fsp3) is 0.538. The van der Waals surface area contributed by atoms with Gasteiger partial charge in [0.15, 0.2) is 12.0 Å². The van der Waals surface area contributed by atoms with Crippen molar-refractivity contribution in [2.24, 2.45) is 0 Å². The summed E-state index contributed by atoms with van der Waals surface area (Å²) < 4.78 is 38.1. The van der Waals surface area contributed by atoms with Crippen LogP contribution in [0.4, 0.5) is 4.39 Å². The maximum atomic E-state index is 14.0. The Morgan fingerprint density at radius 2 is 1.90 bits per heavy atom. The third-order valence-corrected chi connectivity index (χ3v) is 6.47. The minimum atomic E-state index is -1.18. The first-order chi connectivity index (χ1) is 18.5. The molecule has 2 aromatic rings. The number of rotatable bonds is 10. The van der Waals surface area contributed by atoms with E-state index in [1.54, 1.807) is 26.0 Å². The molecule has 12 nitrogen and oxygen atoms in total. The Bertz CT molecular complexity index is 1310. The summed E-state index contributed by atoms with van der Waals surface area (Å²) >= 11 is 0. The molecule has 0 saturated carbocycles. The summed E-state index contributed by atoms with van der Waals surface area (Å²) in [5, 5.41) is 12.3. The number of H-pyrrole nitrogens is 1. The van der Waals surface area contributed by atoms with Crippen LogP contribution >= 0.6 is 0 Å². The number of aromatic hydroxyl groups is 1. The average molecular weight is 550 g/mol. The van der Waals surface area contributed by atoms with Crippen LogP contribution in [0.5, 0.6) is 5.75 Å². The lowest BCUT2D eigenvalue weighted by molar-refractivity contribution is -0.203. The van der Waals surface area contributed by atoms with Gasteiger partial charge in [-0.2, -0.15) is 4.39 Å². The van der Waals surface area contributed by atoms with Crippen molar-refractivity contribution in [2.75, 3.05) is 6.61 Å². The molecule has 212 valence electrons. The lowest BCUT2D eigenvalue weighted by Crippen LogP contribution is -2.44. The molecule has 4 rings (SSSR count). The molecule has 0 aliphatic carbocycles. The summed E-state index contributed by atoms with van der Waals surface area (Å²) in [6.07, 6.45) is -1.16. The quantitative estimate of drug-likeness (QED) is 0.371. The highest BCUT2D eigenvalue weighted by Crippen LogP contribution is 2.42. The highest BCUT2D eigenvalue weighted by atomic mass is 19.1. The number of phenols is 1. The Kier molecular flexibility index (Phi) is 8.52. The smallest absolute Gasteiger partial charge is 0.330 e. The van der Waals surface area contributed by atoms with Crippen LogP contribution in [0.25, 0.3) is 0 Å². The SMILES string of the molecule is CCCCC(=O)N[C@@H](Cc1ccc(O)cc1)C(=O)OC[C@H]1O[C@@H](n2cc(F)c(=O)[nH]c2=O)[C@@H]2OC(C)(C)O[C@@H]21. The van der Waals surface area contributed by atoms with Crippen molar-refractivity contribution in [3.05, 3.63) is 62.7 Å². The second-order valence-electron chi connectivity index (χ2n) is 10.00. The lowest BCUT2D eigenvalue weighted by atomic mass is 10.1. The Morgan fingerprint density at radius 1 is 1.21 bits per heavy atom. The lowest BCUT2D eigenvalue weighted by Gasteiger charge is -2.25. The van der Waals surface area contributed by atoms with Crippen molar-refractivity contribution in [3.8, 4) is 5.75 Å². The number of unbranched alkanes of at least 4 members (excludes halogenated alkanes) is 1. The number of phenolic OH excluding ortho intramolecular Hbond substituents is 1. The standard InChI is InChI=1S/C26H32FN3O9/c1-4-5-6-19(32)28-17(11-14-7-9-15(31)10-8-14)24(34)36-13-18-20-21(39-26(2,3)38-20)23(37-18)30-12-16(27)22(33)29-25(30)35/h7-10,12,17-18,20-21,23,31H,4-6,11,13H2,1-3H3,(H,28,32)(H,29,33,35)/t17-,18+,20+,21+,23+/m0/s1. The number of hydrogen-bond acceptors (Lipinski definition) is 9. The molecule has 0 bridgehead atoms. The largest absolute Gasteiger partial charge is 0.508 e. The van der Waals surface area contributed by atoms with E-state index < -0.39 is 59.4 Å². The van der Waals surface area contributed by atoms with Crippen molar-refractivity contribution in [1.29, 1.82) is 0 Å². The molecule has 1 aromatic heterocycles. The number of nitrogens with zero attached hydrogens (tertiary/aromatic N) is 1. The van der Waals surface area contributed by atoms with E-state index in [4.69, 9.17) is 18.9 Å². The Balaban J connectivity index is 1.49. The number of halogens is 1. The van der Waals surface area contributed by atoms with Crippen LogP contribution in [0.2, 0.25) is 0 Å². The number of esters is 1. The Morgan fingerprint density at radius 3 is 2.59 bits per heavy atom. The molecule has 3 heterocycles. The average Bonchev–Trinajstić information content (AvgIpc) is 3.37. The molecule has 2 aliphatic heterocycles. The first kappa shape index (κ1) is 28.5. The van der Waals surface area contributed by atoms with Gasteiger partial charge < -0.3 is 29.4 Å². The third kappa shape index (κ3) is 6.72. The molecule has 39 heavy (non-hydrogen) atoms. The summed E-state index contributed by atoms with van der Waals surface area (Å²) in [6, 6.07) is 5.21. The van der Waals surface area contributed by atoms with E-state index >= 15 is 0 Å². The summed E-state index contributed by atoms with van der Waals surface area (Å²) in [5.74, 6) is -3.21. The zero-order chi connectivity index (χ0) is 28.3. The maximum Gasteiger partial charge on any atom is 0.330 e. The van der Waals surface area contributed by atoms with Gasteiger partial charge in [0.25, 0.3) is 5.56 Å². The summed E-state index contributed by atoms with van der Waals surface area (Å²) in [5.41, 5.74) is -1.38. The van der Waals surface area contributed by atoms with Gasteiger partial charge in [0.05, 0.1) is 6.20 Å². The zero-order valence-electron chi connectivity index (χ0n) is 21.8. The van der Waals surface area contributed by atoms with Gasteiger partial charge in [-0.05, 0) is 38.0 Å². The number of nitrogens with one attached hydrogen (secondary N) is 2. The number of fused-ring (bicyclic) bond motifs is 1. The number of aromatic nitrogens is 2. The molecule has 1 amide bonds. The van der Waals surface area contributed by atoms with Gasteiger partial charge in [0, 0.05) is 12.8 Å². The number of carbonyl (C=O) groups excluding carboxylic acids is 2. The van der Waals surface area contributed by atoms with Crippen LogP contribution < -0.4 is 16.6 Å². The highest BCUT2D eigenvalue weighted by molar-refractivity contribution is 5.84. The molecule has 0 unspecified atom stereocenters. The molecule has 5 atom stereocenters. The molecule has 2 saturated heterocycles. The van der Waals surface area contributed by atoms with Crippen LogP contribution in [0.3, 0.4) is 0 Å². The zero-order valence-corrected chi connectivity index (χ0v) is 21.8. The van der Waals surface area contributed by atoms with Gasteiger partial charge in [-0.15, -0.1) is 0 Å². The number of aromatic amines is 1. The fourth-order valence-electron chi connectivity index (χ4n) is 4.60. The molecule has 0 spiro atoms. The van der Waals surface area contributed by atoms with E-state index in [-0.39, 0.29) is 31.1 Å². The monoisotopic (exact) mass is 549 g/mol. The van der Waals surface area contributed by atoms with E-state index in [0.29, 0.717) is 12.0 Å². The minimum Gasteiger partial charge on any atom is -0.508 e. The molecular formula is C26H32FN3O9. The first-order valence-electron chi connectivity index (χ1n) is 12.7. The molecule has 1 aromatic carbocycles. The van der Waals surface area contributed by atoms with Crippen molar-refractivity contribution in [1.82, 2.24) is 14.9 Å². The summed E-state index contributed by atoms with van der Waals surface area (Å²) in [6.45, 7) is 4.94. The van der Waals surface area contributed by atoms with Gasteiger partial charge in [0.2, 0.25) is 11.7 Å². The van der Waals surface area contributed by atoms with Crippen molar-refractivity contribution in [3.63, 3.8) is 0 Å². The third-order valence-electron chi connectivity index (χ3n) is 6.47. The Hall–Kier alpha value is -3.55. The number of benzene rings is 1. The topological polar surface area (TPSA) is 158 Å². The van der Waals surface area contributed by atoms with Gasteiger partial charge in [0.1, 0.15) is 36.7 Å². The van der Waals surface area contributed by atoms with E-state index in [1.165, 1.54) is 12.1 Å². The van der Waals surface area contributed by atoms with Crippen molar-refractivity contribution in [2.45, 2.75) is 82.8 Å². The van der Waals surface area contributed by atoms with Crippen LogP contribution in [0.15, 0.2) is 40.1 Å². The predicted molar refractivity (Wildman–Crippen MR) is 133 cm³/mol. The highest BCUT2D eigenvalue weighted by Gasteiger charge is 2.56. The molecule has 2 aliphatic rings. The number of hydrogen-bond donors (Lipinski definition) is 3. The van der Waals surface area contributed by atoms with Crippen LogP contribution in [-0.2, 0) is 35.0 Å². The van der Waals surface area contributed by atoms with E-state index in [2.05, 4.69) is 5.32 Å². The fourth-order valence-corrected chi connectivity index (χ4v) is 4.60. The predicted octanol–water partition coefficient (Wildman–Crippen LogP) is 1.26.